The Morgan fingerprint density at radius 1 is 1.00 bits per heavy atom. The molecule has 0 radical (unpaired) electrons. The van der Waals surface area contributed by atoms with Gasteiger partial charge in [-0.1, -0.05) is 27.7 Å². The highest BCUT2D eigenvalue weighted by Crippen LogP contribution is 2.21. The van der Waals surface area contributed by atoms with Gasteiger partial charge in [0, 0.05) is 25.2 Å². The van der Waals surface area contributed by atoms with E-state index >= 15 is 0 Å². The van der Waals surface area contributed by atoms with Gasteiger partial charge in [-0.25, -0.2) is 0 Å². The van der Waals surface area contributed by atoms with Crippen molar-refractivity contribution in [3.05, 3.63) is 0 Å². The van der Waals surface area contributed by atoms with Crippen LogP contribution in [0.5, 0.6) is 0 Å². The highest BCUT2D eigenvalue weighted by atomic mass is 16.3. The minimum Gasteiger partial charge on any atom is -0.396 e. The van der Waals surface area contributed by atoms with E-state index in [0.717, 1.165) is 19.5 Å². The maximum atomic E-state index is 9.09. The number of aliphatic hydroxyl groups is 1. The van der Waals surface area contributed by atoms with E-state index in [1.54, 1.807) is 0 Å². The Morgan fingerprint density at radius 2 is 1.40 bits per heavy atom. The first kappa shape index (κ1) is 14.9. The van der Waals surface area contributed by atoms with E-state index in [4.69, 9.17) is 5.11 Å². The van der Waals surface area contributed by atoms with Crippen molar-refractivity contribution in [2.24, 2.45) is 11.8 Å². The monoisotopic (exact) mass is 215 g/mol. The van der Waals surface area contributed by atoms with E-state index in [2.05, 4.69) is 46.4 Å². The van der Waals surface area contributed by atoms with Crippen LogP contribution in [0.25, 0.3) is 0 Å². The van der Waals surface area contributed by atoms with Crippen LogP contribution in [-0.4, -0.2) is 35.2 Å². The normalized spacial score (nSPS) is 13.2. The molecule has 0 saturated carbocycles. The summed E-state index contributed by atoms with van der Waals surface area (Å²) >= 11 is 0. The van der Waals surface area contributed by atoms with Crippen LogP contribution in [0.1, 0.15) is 48.0 Å². The van der Waals surface area contributed by atoms with Gasteiger partial charge in [0.15, 0.2) is 0 Å². The Kier molecular flexibility index (Phi) is 6.46. The maximum absolute atomic E-state index is 9.09. The van der Waals surface area contributed by atoms with Gasteiger partial charge in [0.2, 0.25) is 0 Å². The molecule has 0 unspecified atom stereocenters. The summed E-state index contributed by atoms with van der Waals surface area (Å²) in [7, 11) is 0. The Bertz CT molecular complexity index is 154. The van der Waals surface area contributed by atoms with Crippen molar-refractivity contribution in [3.8, 4) is 0 Å². The lowest BCUT2D eigenvalue weighted by atomic mass is 9.95. The molecule has 0 aliphatic carbocycles. The zero-order valence-electron chi connectivity index (χ0n) is 11.4. The van der Waals surface area contributed by atoms with Crippen molar-refractivity contribution in [1.29, 1.82) is 0 Å². The van der Waals surface area contributed by atoms with Crippen molar-refractivity contribution < 1.29 is 5.11 Å². The van der Waals surface area contributed by atoms with Crippen molar-refractivity contribution in [3.63, 3.8) is 0 Å². The quantitative estimate of drug-likeness (QED) is 0.706. The molecule has 0 aromatic carbocycles. The highest BCUT2D eigenvalue weighted by Gasteiger charge is 2.26. The molecule has 0 rings (SSSR count). The topological polar surface area (TPSA) is 23.5 Å². The van der Waals surface area contributed by atoms with Crippen molar-refractivity contribution in [2.75, 3.05) is 19.7 Å². The molecular weight excluding hydrogens is 186 g/mol. The van der Waals surface area contributed by atoms with E-state index in [1.165, 1.54) is 0 Å². The number of hydrogen-bond donors (Lipinski definition) is 1. The Balaban J connectivity index is 4.45. The molecule has 0 aliphatic heterocycles. The molecule has 2 heteroatoms. The summed E-state index contributed by atoms with van der Waals surface area (Å²) < 4.78 is 0. The van der Waals surface area contributed by atoms with Crippen LogP contribution in [-0.2, 0) is 0 Å². The highest BCUT2D eigenvalue weighted by molar-refractivity contribution is 4.82. The molecule has 0 bridgehead atoms. The van der Waals surface area contributed by atoms with Gasteiger partial charge in [0.1, 0.15) is 0 Å². The summed E-state index contributed by atoms with van der Waals surface area (Å²) in [5.74, 6) is 1.36. The predicted octanol–water partition coefficient (Wildman–Crippen LogP) is 2.76. The lowest BCUT2D eigenvalue weighted by molar-refractivity contribution is 0.0666. The summed E-state index contributed by atoms with van der Waals surface area (Å²) in [6, 6.07) is 0. The summed E-state index contributed by atoms with van der Waals surface area (Å²) in [4.78, 5) is 2.51. The second kappa shape index (κ2) is 6.49. The lowest BCUT2D eigenvalue weighted by Gasteiger charge is -2.40. The first-order chi connectivity index (χ1) is 6.79. The fourth-order valence-corrected chi connectivity index (χ4v) is 1.88. The smallest absolute Gasteiger partial charge is 0.0448 e. The van der Waals surface area contributed by atoms with Gasteiger partial charge in [-0.3, -0.25) is 4.90 Å². The average molecular weight is 215 g/mol. The molecule has 0 fully saturated rings. The van der Waals surface area contributed by atoms with Crippen LogP contribution < -0.4 is 0 Å². The summed E-state index contributed by atoms with van der Waals surface area (Å²) in [6.45, 7) is 16.0. The third-order valence-corrected chi connectivity index (χ3v) is 2.75. The molecule has 0 aromatic rings. The number of hydrogen-bond acceptors (Lipinski definition) is 2. The molecule has 1 N–H and O–H groups in total. The van der Waals surface area contributed by atoms with Crippen LogP contribution in [0.2, 0.25) is 0 Å². The molecule has 0 aromatic heterocycles. The predicted molar refractivity (Wildman–Crippen MR) is 67.0 cm³/mol. The fraction of sp³-hybridized carbons (Fsp3) is 1.00. The van der Waals surface area contributed by atoms with Gasteiger partial charge in [0.25, 0.3) is 0 Å². The van der Waals surface area contributed by atoms with Crippen LogP contribution in [0, 0.1) is 11.8 Å². The largest absolute Gasteiger partial charge is 0.396 e. The Hall–Kier alpha value is -0.0800. The SMILES string of the molecule is CC(C)CN(CC(C)C)C(C)(C)CCO. The lowest BCUT2D eigenvalue weighted by Crippen LogP contribution is -2.48. The summed E-state index contributed by atoms with van der Waals surface area (Å²) in [5.41, 5.74) is 0.114. The summed E-state index contributed by atoms with van der Waals surface area (Å²) in [6.07, 6.45) is 0.854. The second-order valence-corrected chi connectivity index (χ2v) is 5.98. The number of aliphatic hydroxyl groups excluding tert-OH is 1. The fourth-order valence-electron chi connectivity index (χ4n) is 1.88. The van der Waals surface area contributed by atoms with Gasteiger partial charge >= 0.3 is 0 Å². The van der Waals surface area contributed by atoms with Gasteiger partial charge in [0.05, 0.1) is 0 Å². The van der Waals surface area contributed by atoms with E-state index < -0.39 is 0 Å². The molecule has 0 saturated heterocycles. The molecule has 2 nitrogen and oxygen atoms in total. The standard InChI is InChI=1S/C13H29NO/c1-11(2)9-14(10-12(3)4)13(5,6)7-8-15/h11-12,15H,7-10H2,1-6H3. The maximum Gasteiger partial charge on any atom is 0.0448 e. The molecule has 0 spiro atoms. The van der Waals surface area contributed by atoms with E-state index in [-0.39, 0.29) is 12.1 Å². The van der Waals surface area contributed by atoms with Gasteiger partial charge in [-0.2, -0.15) is 0 Å². The van der Waals surface area contributed by atoms with E-state index in [9.17, 15) is 0 Å². The number of nitrogens with zero attached hydrogens (tertiary/aromatic N) is 1. The number of rotatable bonds is 7. The molecule has 0 heterocycles. The molecule has 15 heavy (non-hydrogen) atoms. The van der Waals surface area contributed by atoms with E-state index in [1.807, 2.05) is 0 Å². The zero-order valence-corrected chi connectivity index (χ0v) is 11.4. The van der Waals surface area contributed by atoms with Gasteiger partial charge in [-0.15, -0.1) is 0 Å². The minimum atomic E-state index is 0.114. The Labute approximate surface area is 95.7 Å². The summed E-state index contributed by atoms with van der Waals surface area (Å²) in [5, 5.41) is 9.09. The first-order valence-electron chi connectivity index (χ1n) is 6.15. The van der Waals surface area contributed by atoms with Crippen LogP contribution in [0.4, 0.5) is 0 Å². The van der Waals surface area contributed by atoms with Crippen molar-refractivity contribution >= 4 is 0 Å². The third kappa shape index (κ3) is 6.16. The van der Waals surface area contributed by atoms with Crippen LogP contribution in [0.3, 0.4) is 0 Å². The van der Waals surface area contributed by atoms with E-state index in [0.29, 0.717) is 11.8 Å². The van der Waals surface area contributed by atoms with Crippen molar-refractivity contribution in [2.45, 2.75) is 53.5 Å². The molecular formula is C13H29NO. The third-order valence-electron chi connectivity index (χ3n) is 2.75. The molecule has 0 atom stereocenters. The zero-order chi connectivity index (χ0) is 12.1. The second-order valence-electron chi connectivity index (χ2n) is 5.98. The molecule has 0 aliphatic rings. The van der Waals surface area contributed by atoms with Crippen LogP contribution >= 0.6 is 0 Å². The first-order valence-corrected chi connectivity index (χ1v) is 6.15. The molecule has 92 valence electrons. The minimum absolute atomic E-state index is 0.114. The average Bonchev–Trinajstić information content (AvgIpc) is 2.00. The van der Waals surface area contributed by atoms with Gasteiger partial charge < -0.3 is 5.11 Å². The Morgan fingerprint density at radius 3 is 1.67 bits per heavy atom. The molecule has 0 amide bonds. The van der Waals surface area contributed by atoms with Crippen molar-refractivity contribution in [1.82, 2.24) is 4.90 Å². The van der Waals surface area contributed by atoms with Crippen LogP contribution in [0.15, 0.2) is 0 Å². The van der Waals surface area contributed by atoms with Gasteiger partial charge in [-0.05, 0) is 32.1 Å².